The maximum atomic E-state index is 12.8. The second-order valence-electron chi connectivity index (χ2n) is 8.62. The molecule has 0 saturated carbocycles. The third-order valence-corrected chi connectivity index (χ3v) is 6.54. The summed E-state index contributed by atoms with van der Waals surface area (Å²) >= 11 is 0. The molecule has 0 aromatic heterocycles. The van der Waals surface area contributed by atoms with E-state index in [0.717, 1.165) is 21.5 Å². The third kappa shape index (κ3) is 3.46. The fourth-order valence-corrected chi connectivity index (χ4v) is 4.84. The van der Waals surface area contributed by atoms with Gasteiger partial charge in [0.05, 0.1) is 24.2 Å². The first-order valence-electron chi connectivity index (χ1n) is 11.5. The quantitative estimate of drug-likeness (QED) is 0.364. The molecular formula is C28H20N2O6. The molecule has 2 heterocycles. The van der Waals surface area contributed by atoms with Crippen LogP contribution in [0.4, 0.5) is 11.4 Å². The molecular weight excluding hydrogens is 460 g/mol. The minimum absolute atomic E-state index is 0.207. The highest BCUT2D eigenvalue weighted by Gasteiger charge is 2.31. The molecule has 6 rings (SSSR count). The van der Waals surface area contributed by atoms with Gasteiger partial charge in [0.1, 0.15) is 0 Å². The molecule has 0 radical (unpaired) electrons. The van der Waals surface area contributed by atoms with Crippen molar-refractivity contribution < 1.29 is 28.7 Å². The molecule has 4 aromatic carbocycles. The van der Waals surface area contributed by atoms with Gasteiger partial charge in [-0.3, -0.25) is 29.0 Å². The number of carbonyl (C=O) groups excluding carboxylic acids is 4. The van der Waals surface area contributed by atoms with E-state index in [2.05, 4.69) is 0 Å². The van der Waals surface area contributed by atoms with Gasteiger partial charge in [0.15, 0.2) is 13.5 Å². The second-order valence-corrected chi connectivity index (χ2v) is 8.62. The van der Waals surface area contributed by atoms with Crippen LogP contribution in [0.2, 0.25) is 0 Å². The van der Waals surface area contributed by atoms with Crippen LogP contribution in [0.1, 0.15) is 33.6 Å². The number of ether oxygens (including phenoxy) is 2. The Kier molecular flexibility index (Phi) is 5.14. The van der Waals surface area contributed by atoms with Gasteiger partial charge in [0.2, 0.25) is 0 Å². The number of hydrogen-bond donors (Lipinski definition) is 0. The number of anilines is 2. The number of amides is 2. The Morgan fingerprint density at radius 1 is 0.583 bits per heavy atom. The molecule has 4 aromatic rings. The molecule has 36 heavy (non-hydrogen) atoms. The number of benzene rings is 4. The normalized spacial score (nSPS) is 13.7. The van der Waals surface area contributed by atoms with E-state index < -0.39 is 11.9 Å². The van der Waals surface area contributed by atoms with E-state index in [1.165, 1.54) is 9.80 Å². The van der Waals surface area contributed by atoms with Gasteiger partial charge in [-0.1, -0.05) is 48.5 Å². The van der Waals surface area contributed by atoms with E-state index >= 15 is 0 Å². The lowest BCUT2D eigenvalue weighted by molar-refractivity contribution is -0.150. The van der Waals surface area contributed by atoms with Crippen LogP contribution in [-0.4, -0.2) is 37.2 Å². The zero-order valence-electron chi connectivity index (χ0n) is 19.1. The molecule has 0 aliphatic carbocycles. The molecule has 8 heteroatoms. The van der Waals surface area contributed by atoms with Gasteiger partial charge in [-0.05, 0) is 35.0 Å². The lowest BCUT2D eigenvalue weighted by atomic mass is 10.1. The standard InChI is InChI=1S/C28H20N2O6/c31-23(35-15-29-21-11-3-7-17-5-1-9-19(25(17)21)27(29)33)13-14-24(32)36-16-30-22-12-4-8-18-6-2-10-20(26(18)22)28(30)34/h1-12H,13-16H2. The minimum Gasteiger partial charge on any atom is -0.444 e. The van der Waals surface area contributed by atoms with Crippen LogP contribution in [0.15, 0.2) is 72.8 Å². The first-order chi connectivity index (χ1) is 17.5. The van der Waals surface area contributed by atoms with Gasteiger partial charge < -0.3 is 9.47 Å². The summed E-state index contributed by atoms with van der Waals surface area (Å²) in [6.45, 7) is -0.490. The summed E-state index contributed by atoms with van der Waals surface area (Å²) in [6, 6.07) is 22.1. The summed E-state index contributed by atoms with van der Waals surface area (Å²) in [6.07, 6.45) is -0.413. The first-order valence-corrected chi connectivity index (χ1v) is 11.5. The first kappa shape index (κ1) is 21.8. The molecule has 0 saturated heterocycles. The number of carbonyl (C=O) groups is 4. The molecule has 0 unspecified atom stereocenters. The monoisotopic (exact) mass is 480 g/mol. The lowest BCUT2D eigenvalue weighted by Gasteiger charge is -2.18. The van der Waals surface area contributed by atoms with Crippen LogP contribution < -0.4 is 9.80 Å². The van der Waals surface area contributed by atoms with Crippen molar-refractivity contribution in [2.45, 2.75) is 12.8 Å². The van der Waals surface area contributed by atoms with Crippen LogP contribution in [0.3, 0.4) is 0 Å². The molecule has 0 spiro atoms. The van der Waals surface area contributed by atoms with Crippen LogP contribution in [0.25, 0.3) is 21.5 Å². The Balaban J connectivity index is 1.02. The van der Waals surface area contributed by atoms with Crippen LogP contribution >= 0.6 is 0 Å². The van der Waals surface area contributed by atoms with E-state index in [9.17, 15) is 19.2 Å². The van der Waals surface area contributed by atoms with Crippen molar-refractivity contribution in [2.75, 3.05) is 23.3 Å². The second kappa shape index (κ2) is 8.49. The topological polar surface area (TPSA) is 93.2 Å². The van der Waals surface area contributed by atoms with Gasteiger partial charge in [-0.15, -0.1) is 0 Å². The molecule has 8 nitrogen and oxygen atoms in total. The summed E-state index contributed by atoms with van der Waals surface area (Å²) in [4.78, 5) is 52.9. The van der Waals surface area contributed by atoms with Gasteiger partial charge in [0.25, 0.3) is 11.8 Å². The van der Waals surface area contributed by atoms with Crippen molar-refractivity contribution >= 4 is 56.7 Å². The predicted octanol–water partition coefficient (Wildman–Crippen LogP) is 4.40. The zero-order chi connectivity index (χ0) is 24.8. The van der Waals surface area contributed by atoms with Gasteiger partial charge in [0, 0.05) is 21.9 Å². The number of rotatable bonds is 7. The van der Waals surface area contributed by atoms with E-state index in [4.69, 9.17) is 9.47 Å². The average molecular weight is 480 g/mol. The summed E-state index contributed by atoms with van der Waals surface area (Å²) < 4.78 is 10.6. The summed E-state index contributed by atoms with van der Waals surface area (Å²) in [7, 11) is 0. The highest BCUT2D eigenvalue weighted by molar-refractivity contribution is 6.25. The Morgan fingerprint density at radius 2 is 0.972 bits per heavy atom. The minimum atomic E-state index is -0.627. The van der Waals surface area contributed by atoms with Crippen molar-refractivity contribution in [1.29, 1.82) is 0 Å². The van der Waals surface area contributed by atoms with Crippen molar-refractivity contribution in [2.24, 2.45) is 0 Å². The van der Waals surface area contributed by atoms with Gasteiger partial charge in [-0.2, -0.15) is 0 Å². The maximum absolute atomic E-state index is 12.8. The van der Waals surface area contributed by atoms with Crippen molar-refractivity contribution in [1.82, 2.24) is 0 Å². The number of esters is 2. The van der Waals surface area contributed by atoms with Crippen LogP contribution in [-0.2, 0) is 19.1 Å². The predicted molar refractivity (Wildman–Crippen MR) is 133 cm³/mol. The molecule has 0 bridgehead atoms. The average Bonchev–Trinajstić information content (AvgIpc) is 3.33. The van der Waals surface area contributed by atoms with E-state index in [-0.39, 0.29) is 38.1 Å². The summed E-state index contributed by atoms with van der Waals surface area (Å²) in [5.41, 5.74) is 2.51. The fraction of sp³-hybridized carbons (Fsp3) is 0.143. The van der Waals surface area contributed by atoms with E-state index in [0.29, 0.717) is 22.5 Å². The molecule has 178 valence electrons. The maximum Gasteiger partial charge on any atom is 0.308 e. The van der Waals surface area contributed by atoms with Crippen LogP contribution in [0.5, 0.6) is 0 Å². The van der Waals surface area contributed by atoms with E-state index in [1.807, 2.05) is 48.5 Å². The largest absolute Gasteiger partial charge is 0.444 e. The highest BCUT2D eigenvalue weighted by atomic mass is 16.6. The molecule has 2 aliphatic rings. The van der Waals surface area contributed by atoms with Crippen LogP contribution in [0, 0.1) is 0 Å². The summed E-state index contributed by atoms with van der Waals surface area (Å²) in [5, 5.41) is 3.54. The van der Waals surface area contributed by atoms with Gasteiger partial charge in [-0.25, -0.2) is 0 Å². The molecule has 0 fully saturated rings. The van der Waals surface area contributed by atoms with E-state index in [1.54, 1.807) is 24.3 Å². The number of nitrogens with zero attached hydrogens (tertiary/aromatic N) is 2. The molecule has 0 atom stereocenters. The number of hydrogen-bond acceptors (Lipinski definition) is 6. The Labute approximate surface area is 205 Å². The highest BCUT2D eigenvalue weighted by Crippen LogP contribution is 2.38. The molecule has 2 amide bonds. The molecule has 2 aliphatic heterocycles. The Morgan fingerprint density at radius 3 is 1.39 bits per heavy atom. The van der Waals surface area contributed by atoms with Crippen molar-refractivity contribution in [3.63, 3.8) is 0 Å². The fourth-order valence-electron chi connectivity index (χ4n) is 4.84. The lowest BCUT2D eigenvalue weighted by Crippen LogP contribution is -2.31. The molecule has 0 N–H and O–H groups in total. The third-order valence-electron chi connectivity index (χ3n) is 6.54. The zero-order valence-corrected chi connectivity index (χ0v) is 19.1. The van der Waals surface area contributed by atoms with Crippen molar-refractivity contribution in [3.8, 4) is 0 Å². The van der Waals surface area contributed by atoms with Gasteiger partial charge >= 0.3 is 11.9 Å². The summed E-state index contributed by atoms with van der Waals surface area (Å²) in [5.74, 6) is -1.73. The smallest absolute Gasteiger partial charge is 0.308 e. The Bertz CT molecular complexity index is 1460. The van der Waals surface area contributed by atoms with Crippen molar-refractivity contribution in [3.05, 3.63) is 83.9 Å². The SMILES string of the molecule is O=C(CCC(=O)OCN1C(=O)c2cccc3cccc1c23)OCN1C(=O)c2cccc3cccc1c23. The Hall–Kier alpha value is -4.72.